The van der Waals surface area contributed by atoms with E-state index in [1.54, 1.807) is 0 Å². The number of amides is 1. The molecule has 1 unspecified atom stereocenters. The number of carbonyl (C=O) groups is 1. The van der Waals surface area contributed by atoms with Gasteiger partial charge in [0.25, 0.3) is 0 Å². The highest BCUT2D eigenvalue weighted by atomic mass is 16.2. The summed E-state index contributed by atoms with van der Waals surface area (Å²) in [5.74, 6) is 1.00. The van der Waals surface area contributed by atoms with Crippen LogP contribution < -0.4 is 5.32 Å². The van der Waals surface area contributed by atoms with Crippen LogP contribution in [0.1, 0.15) is 47.0 Å². The van der Waals surface area contributed by atoms with E-state index in [0.29, 0.717) is 24.7 Å². The first-order valence-electron chi connectivity index (χ1n) is 6.12. The molecule has 1 aliphatic rings. The molecule has 1 N–H and O–H groups in total. The van der Waals surface area contributed by atoms with E-state index in [1.165, 1.54) is 0 Å². The van der Waals surface area contributed by atoms with Gasteiger partial charge in [-0.05, 0) is 38.0 Å². The van der Waals surface area contributed by atoms with Gasteiger partial charge in [0.05, 0.1) is 6.07 Å². The van der Waals surface area contributed by atoms with E-state index in [1.807, 2.05) is 6.92 Å². The van der Waals surface area contributed by atoms with Gasteiger partial charge < -0.3 is 5.32 Å². The quantitative estimate of drug-likeness (QED) is 0.794. The van der Waals surface area contributed by atoms with Crippen LogP contribution in [-0.4, -0.2) is 11.9 Å². The fourth-order valence-electron chi connectivity index (χ4n) is 2.59. The Bertz CT molecular complexity index is 298. The second-order valence-electron chi connectivity index (χ2n) is 5.71. The minimum Gasteiger partial charge on any atom is -0.352 e. The van der Waals surface area contributed by atoms with Crippen molar-refractivity contribution in [2.75, 3.05) is 0 Å². The monoisotopic (exact) mass is 222 g/mol. The average Bonchev–Trinajstić information content (AvgIpc) is 2.10. The van der Waals surface area contributed by atoms with E-state index in [2.05, 4.69) is 32.2 Å². The van der Waals surface area contributed by atoms with E-state index >= 15 is 0 Å². The number of nitriles is 1. The van der Waals surface area contributed by atoms with E-state index in [9.17, 15) is 4.79 Å². The number of carbonyl (C=O) groups excluding carboxylic acids is 1. The second kappa shape index (κ2) is 4.86. The maximum Gasteiger partial charge on any atom is 0.240 e. The summed E-state index contributed by atoms with van der Waals surface area (Å²) >= 11 is 0. The summed E-state index contributed by atoms with van der Waals surface area (Å²) < 4.78 is 0. The molecule has 1 aliphatic carbocycles. The van der Waals surface area contributed by atoms with Crippen LogP contribution in [-0.2, 0) is 4.79 Å². The molecule has 0 heterocycles. The summed E-state index contributed by atoms with van der Waals surface area (Å²) in [5, 5.41) is 12.1. The second-order valence-corrected chi connectivity index (χ2v) is 5.71. The molecular formula is C13H22N2O. The SMILES string of the molecule is CC(C)CC(C)NC(=O)C1(C#N)CC(C)C1. The number of rotatable bonds is 4. The van der Waals surface area contributed by atoms with Crippen LogP contribution in [0.5, 0.6) is 0 Å². The molecule has 3 heteroatoms. The lowest BCUT2D eigenvalue weighted by atomic mass is 9.63. The Labute approximate surface area is 98.2 Å². The third-order valence-electron chi connectivity index (χ3n) is 3.24. The average molecular weight is 222 g/mol. The summed E-state index contributed by atoms with van der Waals surface area (Å²) in [5.41, 5.74) is -0.731. The first-order chi connectivity index (χ1) is 7.39. The molecule has 1 saturated carbocycles. The third-order valence-corrected chi connectivity index (χ3v) is 3.24. The van der Waals surface area contributed by atoms with E-state index in [-0.39, 0.29) is 11.9 Å². The zero-order chi connectivity index (χ0) is 12.3. The number of nitrogens with zero attached hydrogens (tertiary/aromatic N) is 1. The Balaban J connectivity index is 2.49. The maximum atomic E-state index is 12.0. The summed E-state index contributed by atoms with van der Waals surface area (Å²) in [4.78, 5) is 12.0. The maximum absolute atomic E-state index is 12.0. The van der Waals surface area contributed by atoms with Crippen molar-refractivity contribution >= 4 is 5.91 Å². The molecule has 0 aromatic rings. The molecule has 0 saturated heterocycles. The lowest BCUT2D eigenvalue weighted by Crippen LogP contribution is -2.50. The zero-order valence-electron chi connectivity index (χ0n) is 10.7. The number of hydrogen-bond acceptors (Lipinski definition) is 2. The fourth-order valence-corrected chi connectivity index (χ4v) is 2.59. The highest BCUT2D eigenvalue weighted by Crippen LogP contribution is 2.45. The van der Waals surface area contributed by atoms with Crippen LogP contribution in [0.25, 0.3) is 0 Å². The summed E-state index contributed by atoms with van der Waals surface area (Å²) in [6, 6.07) is 2.35. The van der Waals surface area contributed by atoms with Crippen molar-refractivity contribution in [1.29, 1.82) is 5.26 Å². The van der Waals surface area contributed by atoms with Gasteiger partial charge in [0, 0.05) is 6.04 Å². The molecule has 0 radical (unpaired) electrons. The predicted molar refractivity (Wildman–Crippen MR) is 63.5 cm³/mol. The molecule has 1 amide bonds. The summed E-state index contributed by atoms with van der Waals surface area (Å²) in [6.07, 6.45) is 2.39. The number of nitrogens with one attached hydrogen (secondary N) is 1. The summed E-state index contributed by atoms with van der Waals surface area (Å²) in [6.45, 7) is 8.35. The van der Waals surface area contributed by atoms with Crippen molar-refractivity contribution < 1.29 is 4.79 Å². The molecule has 0 bridgehead atoms. The smallest absolute Gasteiger partial charge is 0.240 e. The third kappa shape index (κ3) is 2.75. The molecule has 16 heavy (non-hydrogen) atoms. The van der Waals surface area contributed by atoms with Gasteiger partial charge in [0.1, 0.15) is 5.41 Å². The minimum atomic E-state index is -0.731. The first-order valence-corrected chi connectivity index (χ1v) is 6.12. The van der Waals surface area contributed by atoms with Gasteiger partial charge in [0.15, 0.2) is 0 Å². The van der Waals surface area contributed by atoms with Crippen LogP contribution in [0.4, 0.5) is 0 Å². The molecule has 90 valence electrons. The van der Waals surface area contributed by atoms with Gasteiger partial charge in [-0.15, -0.1) is 0 Å². The van der Waals surface area contributed by atoms with Crippen molar-refractivity contribution in [2.45, 2.75) is 53.0 Å². The number of hydrogen-bond donors (Lipinski definition) is 1. The highest BCUT2D eigenvalue weighted by molar-refractivity contribution is 5.86. The molecule has 0 spiro atoms. The van der Waals surface area contributed by atoms with Gasteiger partial charge in [-0.25, -0.2) is 0 Å². The summed E-state index contributed by atoms with van der Waals surface area (Å²) in [7, 11) is 0. The Hall–Kier alpha value is -1.04. The van der Waals surface area contributed by atoms with Crippen molar-refractivity contribution in [3.8, 4) is 6.07 Å². The first kappa shape index (κ1) is 13.0. The van der Waals surface area contributed by atoms with Crippen LogP contribution in [0, 0.1) is 28.6 Å². The van der Waals surface area contributed by atoms with E-state index < -0.39 is 5.41 Å². The Morgan fingerprint density at radius 1 is 1.50 bits per heavy atom. The van der Waals surface area contributed by atoms with E-state index in [4.69, 9.17) is 5.26 Å². The van der Waals surface area contributed by atoms with E-state index in [0.717, 1.165) is 6.42 Å². The van der Waals surface area contributed by atoms with Gasteiger partial charge in [-0.1, -0.05) is 20.8 Å². The van der Waals surface area contributed by atoms with Gasteiger partial charge in [-0.2, -0.15) is 5.26 Å². The fraction of sp³-hybridized carbons (Fsp3) is 0.846. The van der Waals surface area contributed by atoms with Gasteiger partial charge >= 0.3 is 0 Å². The molecule has 3 nitrogen and oxygen atoms in total. The Kier molecular flexibility index (Phi) is 3.96. The lowest BCUT2D eigenvalue weighted by molar-refractivity contribution is -0.134. The normalized spacial score (nSPS) is 30.4. The highest BCUT2D eigenvalue weighted by Gasteiger charge is 2.49. The van der Waals surface area contributed by atoms with Crippen molar-refractivity contribution in [2.24, 2.45) is 17.3 Å². The Morgan fingerprint density at radius 3 is 2.44 bits per heavy atom. The molecule has 1 fully saturated rings. The Morgan fingerprint density at radius 2 is 2.06 bits per heavy atom. The van der Waals surface area contributed by atoms with Crippen molar-refractivity contribution in [1.82, 2.24) is 5.32 Å². The molecule has 1 atom stereocenters. The molecule has 0 aromatic carbocycles. The minimum absolute atomic E-state index is 0.0683. The van der Waals surface area contributed by atoms with Crippen molar-refractivity contribution in [3.05, 3.63) is 0 Å². The molecule has 0 aromatic heterocycles. The standard InChI is InChI=1S/C13H22N2O/c1-9(2)5-11(4)15-12(16)13(8-14)6-10(3)7-13/h9-11H,5-7H2,1-4H3,(H,15,16). The van der Waals surface area contributed by atoms with Crippen LogP contribution in [0.3, 0.4) is 0 Å². The van der Waals surface area contributed by atoms with Crippen LogP contribution in [0.15, 0.2) is 0 Å². The molecule has 1 rings (SSSR count). The lowest BCUT2D eigenvalue weighted by Gasteiger charge is -2.39. The largest absolute Gasteiger partial charge is 0.352 e. The molecule has 0 aliphatic heterocycles. The van der Waals surface area contributed by atoms with Gasteiger partial charge in [0.2, 0.25) is 5.91 Å². The van der Waals surface area contributed by atoms with Crippen LogP contribution in [0.2, 0.25) is 0 Å². The predicted octanol–water partition coefficient (Wildman–Crippen LogP) is 2.48. The van der Waals surface area contributed by atoms with Gasteiger partial charge in [-0.3, -0.25) is 4.79 Å². The molecular weight excluding hydrogens is 200 g/mol. The zero-order valence-corrected chi connectivity index (χ0v) is 10.7. The topological polar surface area (TPSA) is 52.9 Å². The van der Waals surface area contributed by atoms with Crippen molar-refractivity contribution in [3.63, 3.8) is 0 Å². The van der Waals surface area contributed by atoms with Crippen LogP contribution >= 0.6 is 0 Å².